The summed E-state index contributed by atoms with van der Waals surface area (Å²) in [6.45, 7) is 10.3. The molecule has 122 valence electrons. The van der Waals surface area contributed by atoms with Crippen LogP contribution in [0, 0.1) is 8.99 Å². The zero-order valence-corrected chi connectivity index (χ0v) is 16.7. The van der Waals surface area contributed by atoms with E-state index in [1.807, 2.05) is 0 Å². The molecule has 0 spiro atoms. The fourth-order valence-electron chi connectivity index (χ4n) is 3.65. The van der Waals surface area contributed by atoms with E-state index in [2.05, 4.69) is 98.1 Å². The summed E-state index contributed by atoms with van der Waals surface area (Å²) in [5, 5.41) is 3.75. The Labute approximate surface area is 154 Å². The van der Waals surface area contributed by atoms with Crippen molar-refractivity contribution in [1.82, 2.24) is 5.32 Å². The van der Waals surface area contributed by atoms with Crippen molar-refractivity contribution >= 4 is 22.6 Å². The van der Waals surface area contributed by atoms with Crippen LogP contribution in [0.15, 0.2) is 42.5 Å². The quantitative estimate of drug-likeness (QED) is 0.653. The third-order valence-electron chi connectivity index (χ3n) is 4.74. The van der Waals surface area contributed by atoms with E-state index in [0.717, 1.165) is 19.4 Å². The topological polar surface area (TPSA) is 12.0 Å². The van der Waals surface area contributed by atoms with Crippen LogP contribution in [0.3, 0.4) is 0 Å². The molecule has 0 saturated carbocycles. The molecule has 1 heterocycles. The van der Waals surface area contributed by atoms with Crippen LogP contribution in [0.2, 0.25) is 0 Å². The van der Waals surface area contributed by atoms with E-state index in [-0.39, 0.29) is 5.54 Å². The Bertz CT molecular complexity index is 697. The second-order valence-corrected chi connectivity index (χ2v) is 9.28. The Kier molecular flexibility index (Phi) is 4.58. The number of nitrogens with one attached hydrogen (secondary N) is 1. The Morgan fingerprint density at radius 2 is 1.78 bits per heavy atom. The average molecular weight is 419 g/mol. The van der Waals surface area contributed by atoms with Crippen LogP contribution in [0.4, 0.5) is 0 Å². The van der Waals surface area contributed by atoms with E-state index in [0.29, 0.717) is 5.41 Å². The van der Waals surface area contributed by atoms with Gasteiger partial charge in [-0.3, -0.25) is 0 Å². The predicted octanol–water partition coefficient (Wildman–Crippen LogP) is 5.29. The molecule has 1 aliphatic heterocycles. The van der Waals surface area contributed by atoms with Gasteiger partial charge >= 0.3 is 0 Å². The molecule has 2 aromatic carbocycles. The van der Waals surface area contributed by atoms with E-state index in [1.54, 1.807) is 0 Å². The van der Waals surface area contributed by atoms with E-state index >= 15 is 0 Å². The molecule has 23 heavy (non-hydrogen) atoms. The monoisotopic (exact) mass is 419 g/mol. The fraction of sp³-hybridized carbons (Fsp3) is 0.429. The van der Waals surface area contributed by atoms with E-state index in [4.69, 9.17) is 0 Å². The third-order valence-corrected chi connectivity index (χ3v) is 5.46. The Morgan fingerprint density at radius 1 is 1.09 bits per heavy atom. The molecule has 1 aliphatic rings. The third kappa shape index (κ3) is 3.63. The summed E-state index contributed by atoms with van der Waals surface area (Å²) in [4.78, 5) is 0. The second-order valence-electron chi connectivity index (χ2n) is 8.04. The van der Waals surface area contributed by atoms with Gasteiger partial charge < -0.3 is 5.32 Å². The number of hydrogen-bond acceptors (Lipinski definition) is 1. The smallest absolute Gasteiger partial charge is 0.0664 e. The van der Waals surface area contributed by atoms with Crippen molar-refractivity contribution in [3.8, 4) is 0 Å². The van der Waals surface area contributed by atoms with Gasteiger partial charge in [0.05, 0.1) is 5.54 Å². The maximum absolute atomic E-state index is 3.75. The molecule has 0 bridgehead atoms. The van der Waals surface area contributed by atoms with E-state index < -0.39 is 0 Å². The summed E-state index contributed by atoms with van der Waals surface area (Å²) >= 11 is 2.37. The van der Waals surface area contributed by atoms with Crippen LogP contribution in [-0.2, 0) is 18.4 Å². The lowest BCUT2D eigenvalue weighted by atomic mass is 9.77. The van der Waals surface area contributed by atoms with Gasteiger partial charge in [-0.2, -0.15) is 0 Å². The van der Waals surface area contributed by atoms with Crippen molar-refractivity contribution in [1.29, 1.82) is 0 Å². The summed E-state index contributed by atoms with van der Waals surface area (Å²) in [6, 6.07) is 16.0. The molecule has 3 rings (SSSR count). The molecule has 1 N–H and O–H groups in total. The highest BCUT2D eigenvalue weighted by molar-refractivity contribution is 14.1. The summed E-state index contributed by atoms with van der Waals surface area (Å²) in [5.74, 6) is 0. The summed E-state index contributed by atoms with van der Waals surface area (Å²) in [6.07, 6.45) is 2.25. The molecule has 1 atom stereocenters. The Hall–Kier alpha value is -0.870. The first-order valence-corrected chi connectivity index (χ1v) is 9.49. The highest BCUT2D eigenvalue weighted by Gasteiger charge is 2.33. The first-order chi connectivity index (χ1) is 10.8. The molecule has 0 radical (unpaired) electrons. The minimum atomic E-state index is -0.0851. The Morgan fingerprint density at radius 3 is 2.43 bits per heavy atom. The number of fused-ring (bicyclic) bond motifs is 1. The van der Waals surface area contributed by atoms with Crippen LogP contribution in [0.1, 0.15) is 49.9 Å². The van der Waals surface area contributed by atoms with Crippen molar-refractivity contribution in [3.63, 3.8) is 0 Å². The van der Waals surface area contributed by atoms with Crippen molar-refractivity contribution in [2.24, 2.45) is 5.41 Å². The van der Waals surface area contributed by atoms with Gasteiger partial charge in [0.2, 0.25) is 0 Å². The summed E-state index contributed by atoms with van der Waals surface area (Å²) in [7, 11) is 0. The largest absolute Gasteiger partial charge is 0.304 e. The van der Waals surface area contributed by atoms with Crippen LogP contribution >= 0.6 is 22.6 Å². The van der Waals surface area contributed by atoms with Crippen LogP contribution < -0.4 is 5.32 Å². The van der Waals surface area contributed by atoms with Crippen molar-refractivity contribution in [2.45, 2.75) is 46.1 Å². The average Bonchev–Trinajstić information content (AvgIpc) is 2.46. The first kappa shape index (κ1) is 17.0. The van der Waals surface area contributed by atoms with Gasteiger partial charge in [0.1, 0.15) is 0 Å². The van der Waals surface area contributed by atoms with Crippen LogP contribution in [-0.4, -0.2) is 6.54 Å². The van der Waals surface area contributed by atoms with Crippen LogP contribution in [0.5, 0.6) is 0 Å². The molecular formula is C21H26IN. The molecule has 0 saturated heterocycles. The van der Waals surface area contributed by atoms with Gasteiger partial charge in [0.15, 0.2) is 0 Å². The van der Waals surface area contributed by atoms with Gasteiger partial charge in [-0.15, -0.1) is 0 Å². The molecular weight excluding hydrogens is 393 g/mol. The Balaban J connectivity index is 2.00. The fourth-order valence-corrected chi connectivity index (χ4v) is 4.01. The number of rotatable bonds is 2. The van der Waals surface area contributed by atoms with Gasteiger partial charge in [0, 0.05) is 10.1 Å². The predicted molar refractivity (Wildman–Crippen MR) is 107 cm³/mol. The van der Waals surface area contributed by atoms with Crippen molar-refractivity contribution in [3.05, 3.63) is 68.3 Å². The lowest BCUT2D eigenvalue weighted by Gasteiger charge is -2.38. The molecule has 0 aliphatic carbocycles. The maximum atomic E-state index is 3.75. The maximum Gasteiger partial charge on any atom is 0.0664 e. The number of halogens is 1. The highest BCUT2D eigenvalue weighted by Crippen LogP contribution is 2.36. The van der Waals surface area contributed by atoms with Gasteiger partial charge in [-0.25, -0.2) is 0 Å². The molecule has 0 fully saturated rings. The molecule has 1 unspecified atom stereocenters. The van der Waals surface area contributed by atoms with Crippen LogP contribution in [0.25, 0.3) is 0 Å². The molecule has 2 heteroatoms. The van der Waals surface area contributed by atoms with Gasteiger partial charge in [-0.05, 0) is 82.2 Å². The zero-order valence-electron chi connectivity index (χ0n) is 14.5. The zero-order chi connectivity index (χ0) is 16.7. The lowest BCUT2D eigenvalue weighted by molar-refractivity contribution is 0.405. The molecule has 0 aromatic heterocycles. The highest BCUT2D eigenvalue weighted by atomic mass is 127. The van der Waals surface area contributed by atoms with E-state index in [9.17, 15) is 0 Å². The summed E-state index contributed by atoms with van der Waals surface area (Å²) in [5.41, 5.74) is 6.00. The normalized spacial score (nSPS) is 21.1. The number of hydrogen-bond donors (Lipinski definition) is 1. The van der Waals surface area contributed by atoms with Gasteiger partial charge in [-0.1, -0.05) is 51.1 Å². The van der Waals surface area contributed by atoms with Gasteiger partial charge in [0.25, 0.3) is 0 Å². The molecule has 2 aromatic rings. The first-order valence-electron chi connectivity index (χ1n) is 8.41. The standard InChI is InChI=1S/C21H26IN/c1-20(2,3)14-15-5-10-19-16(13-15)11-12-23-21(19,4)17-6-8-18(22)9-7-17/h5-10,13,23H,11-12,14H2,1-4H3. The van der Waals surface area contributed by atoms with E-state index in [1.165, 1.54) is 25.8 Å². The van der Waals surface area contributed by atoms with Crippen molar-refractivity contribution in [2.75, 3.05) is 6.54 Å². The minimum absolute atomic E-state index is 0.0851. The second kappa shape index (κ2) is 6.21. The summed E-state index contributed by atoms with van der Waals surface area (Å²) < 4.78 is 1.28. The minimum Gasteiger partial charge on any atom is -0.304 e. The SMILES string of the molecule is CC(C)(C)Cc1ccc2c(c1)CCNC2(C)c1ccc(I)cc1. The van der Waals surface area contributed by atoms with Crippen molar-refractivity contribution < 1.29 is 0 Å². The molecule has 1 nitrogen and oxygen atoms in total. The lowest BCUT2D eigenvalue weighted by Crippen LogP contribution is -2.45. The number of benzene rings is 2. The molecule has 0 amide bonds.